The van der Waals surface area contributed by atoms with Gasteiger partial charge in [0.2, 0.25) is 0 Å². The van der Waals surface area contributed by atoms with Gasteiger partial charge in [0.1, 0.15) is 6.40 Å². The molecule has 21 heavy (non-hydrogen) atoms. The van der Waals surface area contributed by atoms with E-state index in [2.05, 4.69) is 29.5 Å². The van der Waals surface area contributed by atoms with Crippen molar-refractivity contribution in [1.29, 1.82) is 5.41 Å². The van der Waals surface area contributed by atoms with Crippen molar-refractivity contribution in [2.24, 2.45) is 0 Å². The van der Waals surface area contributed by atoms with Crippen LogP contribution in [0.3, 0.4) is 0 Å². The van der Waals surface area contributed by atoms with Gasteiger partial charge in [-0.05, 0) is 53.1 Å². The molecule has 0 bridgehead atoms. The first kappa shape index (κ1) is 13.8. The van der Waals surface area contributed by atoms with Gasteiger partial charge in [-0.15, -0.1) is 0 Å². The van der Waals surface area contributed by atoms with Crippen LogP contribution in [0.1, 0.15) is 11.1 Å². The van der Waals surface area contributed by atoms with Crippen molar-refractivity contribution in [3.63, 3.8) is 0 Å². The summed E-state index contributed by atoms with van der Waals surface area (Å²) in [4.78, 5) is 0. The highest BCUT2D eigenvalue weighted by Crippen LogP contribution is 2.37. The number of anilines is 1. The summed E-state index contributed by atoms with van der Waals surface area (Å²) < 4.78 is 4.90. The second-order valence-corrected chi connectivity index (χ2v) is 5.16. The summed E-state index contributed by atoms with van der Waals surface area (Å²) in [6.45, 7) is 1.70. The van der Waals surface area contributed by atoms with Crippen molar-refractivity contribution in [2.45, 2.75) is 13.2 Å². The zero-order valence-corrected chi connectivity index (χ0v) is 11.8. The predicted molar refractivity (Wildman–Crippen MR) is 87.4 cm³/mol. The van der Waals surface area contributed by atoms with Crippen LogP contribution >= 0.6 is 0 Å². The fraction of sp³-hybridized carbons (Fsp3) is 0.133. The van der Waals surface area contributed by atoms with Crippen LogP contribution in [0.15, 0.2) is 36.4 Å². The monoisotopic (exact) mass is 277 g/mol. The van der Waals surface area contributed by atoms with Gasteiger partial charge in [-0.3, -0.25) is 5.41 Å². The third-order valence-electron chi connectivity index (χ3n) is 3.55. The van der Waals surface area contributed by atoms with Crippen molar-refractivity contribution in [2.75, 3.05) is 5.23 Å². The standard InChI is InChI=1S/C15H15B2N2O2/c1-17(20)19-13-3-5-15-11(8-13)6-10-7-12(16-21-9-18)2-4-14(10)15/h2-5,7-9,18-20H,6H2,1H3. The van der Waals surface area contributed by atoms with E-state index in [1.807, 2.05) is 12.1 Å². The molecule has 0 saturated carbocycles. The van der Waals surface area contributed by atoms with Crippen molar-refractivity contribution >= 4 is 32.1 Å². The molecule has 103 valence electrons. The van der Waals surface area contributed by atoms with E-state index in [1.54, 1.807) is 14.3 Å². The summed E-state index contributed by atoms with van der Waals surface area (Å²) >= 11 is 0. The number of benzene rings is 2. The van der Waals surface area contributed by atoms with Crippen LogP contribution in [0.5, 0.6) is 0 Å². The molecule has 0 unspecified atom stereocenters. The average molecular weight is 277 g/mol. The molecule has 6 heteroatoms. The smallest absolute Gasteiger partial charge is 0.409 e. The normalized spacial score (nSPS) is 11.3. The van der Waals surface area contributed by atoms with Crippen LogP contribution in [0.2, 0.25) is 6.82 Å². The number of fused-ring (bicyclic) bond motifs is 3. The van der Waals surface area contributed by atoms with Crippen LogP contribution < -0.4 is 10.7 Å². The summed E-state index contributed by atoms with van der Waals surface area (Å²) in [5.74, 6) is 0. The van der Waals surface area contributed by atoms with Crippen molar-refractivity contribution in [3.05, 3.63) is 47.5 Å². The Morgan fingerprint density at radius 3 is 2.67 bits per heavy atom. The maximum absolute atomic E-state index is 9.40. The minimum Gasteiger partial charge on any atom is -0.550 e. The molecule has 1 radical (unpaired) electrons. The molecule has 0 fully saturated rings. The first-order valence-electron chi connectivity index (χ1n) is 6.86. The highest BCUT2D eigenvalue weighted by atomic mass is 16.4. The van der Waals surface area contributed by atoms with E-state index in [9.17, 15) is 5.02 Å². The molecule has 0 heterocycles. The first-order valence-corrected chi connectivity index (χ1v) is 6.86. The largest absolute Gasteiger partial charge is 0.550 e. The van der Waals surface area contributed by atoms with Crippen LogP contribution in [0.4, 0.5) is 5.69 Å². The Kier molecular flexibility index (Phi) is 3.71. The van der Waals surface area contributed by atoms with Crippen molar-refractivity contribution < 1.29 is 9.68 Å². The average Bonchev–Trinajstić information content (AvgIpc) is 2.81. The van der Waals surface area contributed by atoms with Gasteiger partial charge in [-0.1, -0.05) is 24.3 Å². The fourth-order valence-electron chi connectivity index (χ4n) is 2.75. The Morgan fingerprint density at radius 2 is 1.95 bits per heavy atom. The molecule has 0 aliphatic heterocycles. The van der Waals surface area contributed by atoms with Gasteiger partial charge in [0, 0.05) is 5.69 Å². The molecule has 2 aromatic carbocycles. The fourth-order valence-corrected chi connectivity index (χ4v) is 2.75. The SMILES string of the molecule is CB(O)Nc1ccc2c(c1)Cc1cc([B]OC=N)ccc1-2. The molecular formula is C15H15B2N2O2. The highest BCUT2D eigenvalue weighted by molar-refractivity contribution is 6.52. The number of rotatable bonds is 5. The minimum atomic E-state index is -0.564. The lowest BCUT2D eigenvalue weighted by molar-refractivity contribution is 0.587. The summed E-state index contributed by atoms with van der Waals surface area (Å²) in [6.07, 6.45) is 1.78. The van der Waals surface area contributed by atoms with Gasteiger partial charge in [-0.25, -0.2) is 0 Å². The number of hydrogen-bond acceptors (Lipinski definition) is 4. The van der Waals surface area contributed by atoms with E-state index in [4.69, 9.17) is 10.1 Å². The molecule has 2 aromatic rings. The maximum atomic E-state index is 9.40. The number of hydrogen-bond donors (Lipinski definition) is 3. The molecular weight excluding hydrogens is 262 g/mol. The van der Waals surface area contributed by atoms with Gasteiger partial charge in [-0.2, -0.15) is 0 Å². The van der Waals surface area contributed by atoms with Gasteiger partial charge in [0.15, 0.2) is 0 Å². The zero-order valence-electron chi connectivity index (χ0n) is 11.8. The van der Waals surface area contributed by atoms with Gasteiger partial charge in [0.25, 0.3) is 0 Å². The summed E-state index contributed by atoms with van der Waals surface area (Å²) in [6, 6.07) is 12.3. The van der Waals surface area contributed by atoms with Crippen molar-refractivity contribution in [3.8, 4) is 11.1 Å². The van der Waals surface area contributed by atoms with E-state index in [-0.39, 0.29) is 0 Å². The maximum Gasteiger partial charge on any atom is 0.409 e. The Hall–Kier alpha value is -2.20. The van der Waals surface area contributed by atoms with Gasteiger partial charge >= 0.3 is 14.5 Å². The molecule has 0 spiro atoms. The topological polar surface area (TPSA) is 65.3 Å². The molecule has 3 rings (SSSR count). The number of nitrogens with one attached hydrogen (secondary N) is 2. The zero-order chi connectivity index (χ0) is 14.8. The predicted octanol–water partition coefficient (Wildman–Crippen LogP) is 1.65. The minimum absolute atomic E-state index is 0.564. The second-order valence-electron chi connectivity index (χ2n) is 5.16. The van der Waals surface area contributed by atoms with E-state index in [0.717, 1.165) is 24.0 Å². The van der Waals surface area contributed by atoms with Crippen LogP contribution in [-0.4, -0.2) is 26.0 Å². The van der Waals surface area contributed by atoms with E-state index in [0.29, 0.717) is 0 Å². The molecule has 0 amide bonds. The molecule has 0 atom stereocenters. The molecule has 4 nitrogen and oxygen atoms in total. The first-order chi connectivity index (χ1) is 10.2. The highest BCUT2D eigenvalue weighted by Gasteiger charge is 2.19. The molecule has 0 saturated heterocycles. The summed E-state index contributed by atoms with van der Waals surface area (Å²) in [5, 5.41) is 19.3. The molecule has 1 aliphatic carbocycles. The van der Waals surface area contributed by atoms with E-state index >= 15 is 0 Å². The lowest BCUT2D eigenvalue weighted by Crippen LogP contribution is -2.19. The lowest BCUT2D eigenvalue weighted by Gasteiger charge is -2.08. The Morgan fingerprint density at radius 1 is 1.24 bits per heavy atom. The van der Waals surface area contributed by atoms with Crippen LogP contribution in [-0.2, 0) is 11.1 Å². The summed E-state index contributed by atoms with van der Waals surface area (Å²) in [5.41, 5.74) is 6.85. The molecule has 0 aromatic heterocycles. The molecule has 3 N–H and O–H groups in total. The Balaban J connectivity index is 1.88. The molecule has 1 aliphatic rings. The Bertz CT molecular complexity index is 689. The second kappa shape index (κ2) is 5.66. The Labute approximate surface area is 125 Å². The van der Waals surface area contributed by atoms with Gasteiger partial charge in [0.05, 0.1) is 0 Å². The third-order valence-corrected chi connectivity index (χ3v) is 3.55. The lowest BCUT2D eigenvalue weighted by atomic mass is 9.86. The van der Waals surface area contributed by atoms with Gasteiger partial charge < -0.3 is 14.9 Å². The summed E-state index contributed by atoms with van der Waals surface area (Å²) in [7, 11) is 1.00. The third kappa shape index (κ3) is 2.81. The van der Waals surface area contributed by atoms with E-state index in [1.165, 1.54) is 22.3 Å². The van der Waals surface area contributed by atoms with Crippen molar-refractivity contribution in [1.82, 2.24) is 0 Å². The van der Waals surface area contributed by atoms with Crippen LogP contribution in [0, 0.1) is 5.41 Å². The quantitative estimate of drug-likeness (QED) is 0.377. The van der Waals surface area contributed by atoms with E-state index < -0.39 is 7.05 Å². The van der Waals surface area contributed by atoms with Crippen LogP contribution in [0.25, 0.3) is 11.1 Å².